The fourth-order valence-electron chi connectivity index (χ4n) is 2.68. The third kappa shape index (κ3) is 3.06. The lowest BCUT2D eigenvalue weighted by Gasteiger charge is -2.13. The third-order valence-electron chi connectivity index (χ3n) is 4.14. The first-order valence-corrected chi connectivity index (χ1v) is 8.88. The van der Waals surface area contributed by atoms with Crippen molar-refractivity contribution in [2.24, 2.45) is 0 Å². The third-order valence-corrected chi connectivity index (χ3v) is 5.25. The summed E-state index contributed by atoms with van der Waals surface area (Å²) in [5.74, 6) is 0.686. The Kier molecular flexibility index (Phi) is 4.06. The van der Waals surface area contributed by atoms with Gasteiger partial charge >= 0.3 is 0 Å². The van der Waals surface area contributed by atoms with Gasteiger partial charge < -0.3 is 0 Å². The highest BCUT2D eigenvalue weighted by Crippen LogP contribution is 2.43. The molecule has 1 saturated carbocycles. The van der Waals surface area contributed by atoms with Gasteiger partial charge in [-0.2, -0.15) is 0 Å². The van der Waals surface area contributed by atoms with Crippen molar-refractivity contribution in [3.05, 3.63) is 60.2 Å². The van der Waals surface area contributed by atoms with Gasteiger partial charge in [0.2, 0.25) is 0 Å². The molecule has 1 aliphatic carbocycles. The Morgan fingerprint density at radius 3 is 2.46 bits per heavy atom. The Morgan fingerprint density at radius 1 is 1.08 bits per heavy atom. The van der Waals surface area contributed by atoms with Crippen LogP contribution in [-0.4, -0.2) is 19.7 Å². The summed E-state index contributed by atoms with van der Waals surface area (Å²) >= 11 is 1.66. The van der Waals surface area contributed by atoms with Crippen LogP contribution in [0.15, 0.2) is 53.9 Å². The lowest BCUT2D eigenvalue weighted by atomic mass is 10.2. The Hall–Kier alpha value is -2.21. The minimum absolute atomic E-state index is 0.178. The molecular formula is C18H17FN4S. The van der Waals surface area contributed by atoms with Crippen molar-refractivity contribution in [3.8, 4) is 11.4 Å². The normalized spacial score (nSPS) is 15.4. The largest absolute Gasteiger partial charge is 0.299 e. The van der Waals surface area contributed by atoms with Crippen molar-refractivity contribution in [2.45, 2.75) is 36.2 Å². The van der Waals surface area contributed by atoms with Gasteiger partial charge in [0.05, 0.1) is 0 Å². The van der Waals surface area contributed by atoms with Crippen molar-refractivity contribution >= 4 is 11.8 Å². The van der Waals surface area contributed by atoms with E-state index in [2.05, 4.69) is 26.7 Å². The molecule has 0 bridgehead atoms. The van der Waals surface area contributed by atoms with Gasteiger partial charge in [0, 0.05) is 29.2 Å². The molecule has 6 heteroatoms. The maximum Gasteiger partial charge on any atom is 0.192 e. The number of thioether (sulfide) groups is 1. The van der Waals surface area contributed by atoms with Gasteiger partial charge in [0.15, 0.2) is 11.0 Å². The SMILES string of the molecule is CC(Sc1nnc(-c2ccncc2)n1C1CC1)c1ccc(F)cc1. The summed E-state index contributed by atoms with van der Waals surface area (Å²) in [5.41, 5.74) is 2.11. The number of hydrogen-bond donors (Lipinski definition) is 0. The summed E-state index contributed by atoms with van der Waals surface area (Å²) in [6.07, 6.45) is 5.87. The lowest BCUT2D eigenvalue weighted by molar-refractivity contribution is 0.627. The zero-order valence-electron chi connectivity index (χ0n) is 13.3. The molecule has 1 fully saturated rings. The Balaban J connectivity index is 1.64. The van der Waals surface area contributed by atoms with E-state index in [1.54, 1.807) is 24.2 Å². The summed E-state index contributed by atoms with van der Waals surface area (Å²) in [7, 11) is 0. The van der Waals surface area contributed by atoms with Crippen molar-refractivity contribution in [3.63, 3.8) is 0 Å². The number of benzene rings is 1. The second-order valence-electron chi connectivity index (χ2n) is 5.95. The maximum absolute atomic E-state index is 13.1. The van der Waals surface area contributed by atoms with E-state index >= 15 is 0 Å². The standard InChI is InChI=1S/C18H17FN4S/c1-12(13-2-4-15(19)5-3-13)24-18-22-21-17(23(18)16-6-7-16)14-8-10-20-11-9-14/h2-5,8-12,16H,6-7H2,1H3. The van der Waals surface area contributed by atoms with Crippen molar-refractivity contribution in [1.82, 2.24) is 19.7 Å². The number of halogens is 1. The van der Waals surface area contributed by atoms with Crippen LogP contribution in [0.1, 0.15) is 36.6 Å². The van der Waals surface area contributed by atoms with E-state index in [1.165, 1.54) is 12.1 Å². The lowest BCUT2D eigenvalue weighted by Crippen LogP contribution is -2.01. The maximum atomic E-state index is 13.1. The van der Waals surface area contributed by atoms with E-state index in [4.69, 9.17) is 0 Å². The second-order valence-corrected chi connectivity index (χ2v) is 7.26. The van der Waals surface area contributed by atoms with Crippen LogP contribution in [0.2, 0.25) is 0 Å². The summed E-state index contributed by atoms with van der Waals surface area (Å²) < 4.78 is 15.3. The van der Waals surface area contributed by atoms with E-state index in [9.17, 15) is 4.39 Å². The van der Waals surface area contributed by atoms with Gasteiger partial charge in [-0.3, -0.25) is 9.55 Å². The molecule has 4 rings (SSSR count). The van der Waals surface area contributed by atoms with Crippen molar-refractivity contribution in [1.29, 1.82) is 0 Å². The van der Waals surface area contributed by atoms with E-state index in [1.807, 2.05) is 24.3 Å². The predicted octanol–water partition coefficient (Wildman–Crippen LogP) is 4.67. The molecule has 1 aliphatic rings. The molecule has 0 N–H and O–H groups in total. The van der Waals surface area contributed by atoms with E-state index in [0.29, 0.717) is 6.04 Å². The summed E-state index contributed by atoms with van der Waals surface area (Å²) in [4.78, 5) is 4.07. The first-order valence-electron chi connectivity index (χ1n) is 8.00. The number of aromatic nitrogens is 4. The fraction of sp³-hybridized carbons (Fsp3) is 0.278. The molecule has 4 nitrogen and oxygen atoms in total. The van der Waals surface area contributed by atoms with Crippen LogP contribution < -0.4 is 0 Å². The van der Waals surface area contributed by atoms with Crippen LogP contribution in [0.3, 0.4) is 0 Å². The monoisotopic (exact) mass is 340 g/mol. The molecule has 2 heterocycles. The topological polar surface area (TPSA) is 43.6 Å². The van der Waals surface area contributed by atoms with Crippen LogP contribution in [-0.2, 0) is 0 Å². The van der Waals surface area contributed by atoms with Crippen LogP contribution in [0.25, 0.3) is 11.4 Å². The Morgan fingerprint density at radius 2 is 1.79 bits per heavy atom. The average molecular weight is 340 g/mol. The van der Waals surface area contributed by atoms with E-state index in [-0.39, 0.29) is 11.1 Å². The van der Waals surface area contributed by atoms with Crippen LogP contribution in [0.5, 0.6) is 0 Å². The molecule has 122 valence electrons. The molecule has 2 aromatic heterocycles. The van der Waals surface area contributed by atoms with E-state index in [0.717, 1.165) is 34.9 Å². The minimum Gasteiger partial charge on any atom is -0.299 e. The molecule has 0 saturated heterocycles. The van der Waals surface area contributed by atoms with Crippen LogP contribution in [0.4, 0.5) is 4.39 Å². The molecule has 1 atom stereocenters. The molecule has 0 amide bonds. The number of nitrogens with zero attached hydrogens (tertiary/aromatic N) is 4. The second kappa shape index (κ2) is 6.36. The minimum atomic E-state index is -0.211. The first kappa shape index (κ1) is 15.3. The van der Waals surface area contributed by atoms with Gasteiger partial charge in [-0.15, -0.1) is 10.2 Å². The Labute approximate surface area is 144 Å². The number of rotatable bonds is 5. The van der Waals surface area contributed by atoms with Crippen molar-refractivity contribution < 1.29 is 4.39 Å². The van der Waals surface area contributed by atoms with Gasteiger partial charge in [0.25, 0.3) is 0 Å². The molecule has 0 spiro atoms. The summed E-state index contributed by atoms with van der Waals surface area (Å²) in [6.45, 7) is 2.11. The predicted molar refractivity (Wildman–Crippen MR) is 92.2 cm³/mol. The highest BCUT2D eigenvalue weighted by molar-refractivity contribution is 7.99. The molecule has 1 unspecified atom stereocenters. The quantitative estimate of drug-likeness (QED) is 0.633. The number of pyridine rings is 1. The van der Waals surface area contributed by atoms with Crippen LogP contribution in [0, 0.1) is 5.82 Å². The van der Waals surface area contributed by atoms with Gasteiger partial charge in [0.1, 0.15) is 5.82 Å². The zero-order valence-corrected chi connectivity index (χ0v) is 14.1. The van der Waals surface area contributed by atoms with Gasteiger partial charge in [-0.1, -0.05) is 23.9 Å². The van der Waals surface area contributed by atoms with Gasteiger partial charge in [-0.05, 0) is 49.6 Å². The van der Waals surface area contributed by atoms with Gasteiger partial charge in [-0.25, -0.2) is 4.39 Å². The van der Waals surface area contributed by atoms with E-state index < -0.39 is 0 Å². The smallest absolute Gasteiger partial charge is 0.192 e. The molecule has 3 aromatic rings. The first-order chi connectivity index (χ1) is 11.7. The zero-order chi connectivity index (χ0) is 16.5. The number of hydrogen-bond acceptors (Lipinski definition) is 4. The highest BCUT2D eigenvalue weighted by atomic mass is 32.2. The molecule has 24 heavy (non-hydrogen) atoms. The molecule has 1 aromatic carbocycles. The molecule has 0 radical (unpaired) electrons. The highest BCUT2D eigenvalue weighted by Gasteiger charge is 2.30. The van der Waals surface area contributed by atoms with Crippen molar-refractivity contribution in [2.75, 3.05) is 0 Å². The average Bonchev–Trinajstić information content (AvgIpc) is 3.37. The Bertz CT molecular complexity index is 828. The fourth-order valence-corrected chi connectivity index (χ4v) is 3.72. The summed E-state index contributed by atoms with van der Waals surface area (Å²) in [6, 6.07) is 11.1. The van der Waals surface area contributed by atoms with Crippen LogP contribution >= 0.6 is 11.8 Å². The summed E-state index contributed by atoms with van der Waals surface area (Å²) in [5, 5.41) is 9.93. The molecular weight excluding hydrogens is 323 g/mol. The molecule has 0 aliphatic heterocycles.